The van der Waals surface area contributed by atoms with Gasteiger partial charge in [-0.2, -0.15) is 0 Å². The highest BCUT2D eigenvalue weighted by Gasteiger charge is 2.30. The first-order valence-electron chi connectivity index (χ1n) is 5.38. The largest absolute Gasteiger partial charge is 0.292 e. The summed E-state index contributed by atoms with van der Waals surface area (Å²) in [7, 11) is -3.23. The Kier molecular flexibility index (Phi) is 3.44. The second-order valence-electron chi connectivity index (χ2n) is 4.11. The number of carbonyl (C=O) groups is 1. The van der Waals surface area contributed by atoms with Crippen LogP contribution in [0.15, 0.2) is 17.5 Å². The molecule has 0 N–H and O–H groups in total. The van der Waals surface area contributed by atoms with Crippen LogP contribution >= 0.6 is 11.3 Å². The van der Waals surface area contributed by atoms with Gasteiger partial charge >= 0.3 is 0 Å². The molecule has 2 rings (SSSR count). The molecule has 0 radical (unpaired) electrons. The molecule has 5 heteroatoms. The summed E-state index contributed by atoms with van der Waals surface area (Å²) in [6.07, 6.45) is 3.38. The van der Waals surface area contributed by atoms with Gasteiger partial charge in [-0.15, -0.1) is 11.3 Å². The molecule has 0 aliphatic heterocycles. The van der Waals surface area contributed by atoms with Crippen molar-refractivity contribution in [3.05, 3.63) is 22.4 Å². The van der Waals surface area contributed by atoms with Crippen LogP contribution in [0.5, 0.6) is 0 Å². The maximum atomic E-state index is 11.9. The van der Waals surface area contributed by atoms with Crippen LogP contribution in [-0.2, 0) is 9.84 Å². The summed E-state index contributed by atoms with van der Waals surface area (Å²) in [6.45, 7) is 0. The molecule has 0 aromatic carbocycles. The maximum Gasteiger partial charge on any atom is 0.187 e. The zero-order valence-corrected chi connectivity index (χ0v) is 10.5. The number of ketones is 1. The smallest absolute Gasteiger partial charge is 0.187 e. The van der Waals surface area contributed by atoms with Crippen LogP contribution in [0.1, 0.15) is 35.4 Å². The molecular weight excluding hydrogens is 244 g/mol. The summed E-state index contributed by atoms with van der Waals surface area (Å²) >= 11 is 1.30. The second kappa shape index (κ2) is 4.67. The third kappa shape index (κ3) is 2.52. The van der Waals surface area contributed by atoms with Crippen molar-refractivity contribution in [3.8, 4) is 0 Å². The number of Topliss-reactive ketones (excluding diaryl/α,β-unsaturated/α-hetero) is 1. The molecular formula is C11H14O3S2. The van der Waals surface area contributed by atoms with E-state index in [2.05, 4.69) is 0 Å². The van der Waals surface area contributed by atoms with Gasteiger partial charge in [-0.25, -0.2) is 8.42 Å². The van der Waals surface area contributed by atoms with Gasteiger partial charge in [0.25, 0.3) is 0 Å². The number of hydrogen-bond donors (Lipinski definition) is 0. The first-order chi connectivity index (χ1) is 7.59. The topological polar surface area (TPSA) is 51.2 Å². The molecule has 0 unspecified atom stereocenters. The van der Waals surface area contributed by atoms with Crippen LogP contribution in [0.25, 0.3) is 0 Å². The first-order valence-corrected chi connectivity index (χ1v) is 7.97. The normalized spacial score (nSPS) is 17.8. The minimum Gasteiger partial charge on any atom is -0.292 e. The Bertz CT molecular complexity index is 453. The summed E-state index contributed by atoms with van der Waals surface area (Å²) < 4.78 is 23.8. The van der Waals surface area contributed by atoms with Crippen LogP contribution in [0.3, 0.4) is 0 Å². The summed E-state index contributed by atoms with van der Waals surface area (Å²) in [4.78, 5) is 12.3. The number of carbonyl (C=O) groups excluding carboxylic acids is 1. The Morgan fingerprint density at radius 1 is 1.38 bits per heavy atom. The van der Waals surface area contributed by atoms with Crippen molar-refractivity contribution in [3.63, 3.8) is 0 Å². The van der Waals surface area contributed by atoms with Crippen molar-refractivity contribution in [2.75, 3.05) is 5.75 Å². The molecule has 16 heavy (non-hydrogen) atoms. The van der Waals surface area contributed by atoms with E-state index in [1.54, 1.807) is 17.5 Å². The average Bonchev–Trinajstić information content (AvgIpc) is 2.91. The zero-order chi connectivity index (χ0) is 11.6. The molecule has 88 valence electrons. The number of hydrogen-bond acceptors (Lipinski definition) is 4. The van der Waals surface area contributed by atoms with Crippen LogP contribution in [0.4, 0.5) is 0 Å². The molecule has 1 fully saturated rings. The van der Waals surface area contributed by atoms with E-state index in [1.165, 1.54) is 11.3 Å². The number of sulfone groups is 1. The van der Waals surface area contributed by atoms with Gasteiger partial charge in [-0.3, -0.25) is 4.79 Å². The monoisotopic (exact) mass is 258 g/mol. The van der Waals surface area contributed by atoms with Gasteiger partial charge in [0.1, 0.15) is 5.75 Å². The molecule has 1 saturated carbocycles. The molecule has 1 aliphatic carbocycles. The van der Waals surface area contributed by atoms with Crippen LogP contribution in [0.2, 0.25) is 0 Å². The van der Waals surface area contributed by atoms with E-state index in [0.717, 1.165) is 25.7 Å². The van der Waals surface area contributed by atoms with Gasteiger partial charge in [0.2, 0.25) is 0 Å². The molecule has 0 atom stereocenters. The Morgan fingerprint density at radius 2 is 2.06 bits per heavy atom. The standard InChI is InChI=1S/C11H14O3S2/c12-10(11-6-3-7-15-11)8-16(13,14)9-4-1-2-5-9/h3,6-7,9H,1-2,4-5,8H2. The molecule has 1 aliphatic rings. The van der Waals surface area contributed by atoms with E-state index < -0.39 is 9.84 Å². The lowest BCUT2D eigenvalue weighted by atomic mass is 10.3. The Balaban J connectivity index is 2.06. The van der Waals surface area contributed by atoms with E-state index in [9.17, 15) is 13.2 Å². The van der Waals surface area contributed by atoms with Crippen molar-refractivity contribution in [2.24, 2.45) is 0 Å². The molecule has 0 saturated heterocycles. The van der Waals surface area contributed by atoms with E-state index in [-0.39, 0.29) is 16.8 Å². The van der Waals surface area contributed by atoms with Gasteiger partial charge in [0.15, 0.2) is 15.6 Å². The quantitative estimate of drug-likeness (QED) is 0.779. The highest BCUT2D eigenvalue weighted by Crippen LogP contribution is 2.26. The van der Waals surface area contributed by atoms with Gasteiger partial charge in [-0.1, -0.05) is 18.9 Å². The van der Waals surface area contributed by atoms with E-state index in [0.29, 0.717) is 4.88 Å². The van der Waals surface area contributed by atoms with Crippen LogP contribution in [0, 0.1) is 0 Å². The lowest BCUT2D eigenvalue weighted by Gasteiger charge is -2.09. The molecule has 1 aromatic rings. The third-order valence-corrected chi connectivity index (χ3v) is 6.00. The Morgan fingerprint density at radius 3 is 2.62 bits per heavy atom. The highest BCUT2D eigenvalue weighted by atomic mass is 32.2. The predicted molar refractivity (Wildman–Crippen MR) is 64.7 cm³/mol. The molecule has 0 spiro atoms. The van der Waals surface area contributed by atoms with Crippen molar-refractivity contribution in [1.29, 1.82) is 0 Å². The van der Waals surface area contributed by atoms with Crippen LogP contribution in [-0.4, -0.2) is 25.2 Å². The van der Waals surface area contributed by atoms with Crippen molar-refractivity contribution in [2.45, 2.75) is 30.9 Å². The lowest BCUT2D eigenvalue weighted by molar-refractivity contribution is 0.102. The summed E-state index contributed by atoms with van der Waals surface area (Å²) in [5.74, 6) is -0.583. The van der Waals surface area contributed by atoms with E-state index >= 15 is 0 Å². The maximum absolute atomic E-state index is 11.9. The van der Waals surface area contributed by atoms with Gasteiger partial charge in [-0.05, 0) is 24.3 Å². The predicted octanol–water partition coefficient (Wildman–Crippen LogP) is 2.29. The minimum absolute atomic E-state index is 0.262. The van der Waals surface area contributed by atoms with Crippen molar-refractivity contribution >= 4 is 27.0 Å². The first kappa shape index (κ1) is 11.8. The Labute approximate surface area is 99.4 Å². The Hall–Kier alpha value is -0.680. The van der Waals surface area contributed by atoms with Gasteiger partial charge in [0.05, 0.1) is 10.1 Å². The molecule has 0 amide bonds. The van der Waals surface area contributed by atoms with E-state index in [4.69, 9.17) is 0 Å². The summed E-state index contributed by atoms with van der Waals surface area (Å²) in [5.41, 5.74) is 0. The summed E-state index contributed by atoms with van der Waals surface area (Å²) in [5, 5.41) is 1.51. The number of rotatable bonds is 4. The fourth-order valence-corrected chi connectivity index (χ4v) is 4.62. The average molecular weight is 258 g/mol. The molecule has 1 heterocycles. The van der Waals surface area contributed by atoms with Crippen molar-refractivity contribution < 1.29 is 13.2 Å². The fourth-order valence-electron chi connectivity index (χ4n) is 2.06. The van der Waals surface area contributed by atoms with Crippen molar-refractivity contribution in [1.82, 2.24) is 0 Å². The van der Waals surface area contributed by atoms with Gasteiger partial charge in [0, 0.05) is 0 Å². The fraction of sp³-hybridized carbons (Fsp3) is 0.545. The third-order valence-electron chi connectivity index (χ3n) is 2.94. The molecule has 1 aromatic heterocycles. The van der Waals surface area contributed by atoms with Gasteiger partial charge < -0.3 is 0 Å². The lowest BCUT2D eigenvalue weighted by Crippen LogP contribution is -2.25. The SMILES string of the molecule is O=C(CS(=O)(=O)C1CCCC1)c1cccs1. The zero-order valence-electron chi connectivity index (χ0n) is 8.89. The molecule has 3 nitrogen and oxygen atoms in total. The summed E-state index contributed by atoms with van der Waals surface area (Å²) in [6, 6.07) is 3.44. The molecule has 0 bridgehead atoms. The van der Waals surface area contributed by atoms with Crippen LogP contribution < -0.4 is 0 Å². The minimum atomic E-state index is -3.23. The number of thiophene rings is 1. The second-order valence-corrected chi connectivity index (χ2v) is 7.34. The van der Waals surface area contributed by atoms with E-state index in [1.807, 2.05) is 0 Å². The highest BCUT2D eigenvalue weighted by molar-refractivity contribution is 7.92.